The van der Waals surface area contributed by atoms with Crippen LogP contribution in [0.15, 0.2) is 0 Å². The summed E-state index contributed by atoms with van der Waals surface area (Å²) in [6.45, 7) is 5.16. The van der Waals surface area contributed by atoms with Crippen molar-refractivity contribution in [1.82, 2.24) is 4.90 Å². The highest BCUT2D eigenvalue weighted by atomic mass is 15.1. The zero-order chi connectivity index (χ0) is 8.10. The Morgan fingerprint density at radius 1 is 1.45 bits per heavy atom. The monoisotopic (exact) mass is 152 g/mol. The molecule has 1 rings (SSSR count). The third-order valence-corrected chi connectivity index (χ3v) is 2.40. The van der Waals surface area contributed by atoms with Crippen LogP contribution < -0.4 is 0 Å². The molecule has 0 aromatic rings. The highest BCUT2D eigenvalue weighted by molar-refractivity contribution is 4.78. The minimum absolute atomic E-state index is 0.618. The molecule has 0 N–H and O–H groups in total. The van der Waals surface area contributed by atoms with E-state index in [1.54, 1.807) is 0 Å². The Bertz CT molecular complexity index is 148. The van der Waals surface area contributed by atoms with Crippen molar-refractivity contribution in [2.45, 2.75) is 26.2 Å². The van der Waals surface area contributed by atoms with Crippen molar-refractivity contribution in [2.75, 3.05) is 19.6 Å². The lowest BCUT2D eigenvalue weighted by Crippen LogP contribution is -2.24. The molecule has 1 aliphatic rings. The van der Waals surface area contributed by atoms with Gasteiger partial charge in [-0.2, -0.15) is 5.26 Å². The number of hydrogen-bond acceptors (Lipinski definition) is 2. The molecule has 1 heterocycles. The largest absolute Gasteiger partial charge is 0.291 e. The van der Waals surface area contributed by atoms with Crippen LogP contribution in [0.3, 0.4) is 0 Å². The second-order valence-corrected chi connectivity index (χ2v) is 3.47. The van der Waals surface area contributed by atoms with Crippen LogP contribution >= 0.6 is 0 Å². The summed E-state index contributed by atoms with van der Waals surface area (Å²) in [7, 11) is 0. The Kier molecular flexibility index (Phi) is 3.38. The molecule has 2 heteroatoms. The minimum atomic E-state index is 0.618. The van der Waals surface area contributed by atoms with Gasteiger partial charge in [0.2, 0.25) is 0 Å². The van der Waals surface area contributed by atoms with Gasteiger partial charge < -0.3 is 0 Å². The molecule has 11 heavy (non-hydrogen) atoms. The van der Waals surface area contributed by atoms with Crippen LogP contribution in [0.4, 0.5) is 0 Å². The molecule has 1 fully saturated rings. The molecule has 0 radical (unpaired) electrons. The zero-order valence-corrected chi connectivity index (χ0v) is 7.21. The Balaban J connectivity index is 2.29. The summed E-state index contributed by atoms with van der Waals surface area (Å²) < 4.78 is 0. The van der Waals surface area contributed by atoms with Crippen LogP contribution in [0.2, 0.25) is 0 Å². The van der Waals surface area contributed by atoms with E-state index < -0.39 is 0 Å². The molecule has 0 aromatic heterocycles. The van der Waals surface area contributed by atoms with Gasteiger partial charge in [0, 0.05) is 0 Å². The zero-order valence-electron chi connectivity index (χ0n) is 7.21. The molecule has 1 unspecified atom stereocenters. The van der Waals surface area contributed by atoms with Crippen molar-refractivity contribution in [1.29, 1.82) is 5.26 Å². The SMILES string of the molecule is CC1CCCN(CC#N)CC1. The Morgan fingerprint density at radius 3 is 3.00 bits per heavy atom. The van der Waals surface area contributed by atoms with E-state index in [2.05, 4.69) is 17.9 Å². The molecular formula is C9H16N2. The van der Waals surface area contributed by atoms with E-state index in [0.717, 1.165) is 19.0 Å². The van der Waals surface area contributed by atoms with Crippen molar-refractivity contribution in [3.8, 4) is 6.07 Å². The Hall–Kier alpha value is -0.550. The normalized spacial score (nSPS) is 27.5. The second kappa shape index (κ2) is 4.35. The summed E-state index contributed by atoms with van der Waals surface area (Å²) in [4.78, 5) is 2.25. The average Bonchev–Trinajstić information content (AvgIpc) is 2.17. The van der Waals surface area contributed by atoms with Gasteiger partial charge in [0.1, 0.15) is 0 Å². The van der Waals surface area contributed by atoms with Crippen LogP contribution in [-0.4, -0.2) is 24.5 Å². The van der Waals surface area contributed by atoms with Crippen molar-refractivity contribution in [3.05, 3.63) is 0 Å². The maximum Gasteiger partial charge on any atom is 0.0865 e. The highest BCUT2D eigenvalue weighted by Crippen LogP contribution is 2.15. The summed E-state index contributed by atoms with van der Waals surface area (Å²) in [6, 6.07) is 2.21. The van der Waals surface area contributed by atoms with Gasteiger partial charge in [0.25, 0.3) is 0 Å². The third kappa shape index (κ3) is 2.90. The average molecular weight is 152 g/mol. The lowest BCUT2D eigenvalue weighted by atomic mass is 10.0. The van der Waals surface area contributed by atoms with E-state index in [9.17, 15) is 0 Å². The van der Waals surface area contributed by atoms with E-state index in [-0.39, 0.29) is 0 Å². The van der Waals surface area contributed by atoms with Crippen LogP contribution in [0, 0.1) is 17.2 Å². The van der Waals surface area contributed by atoms with E-state index in [1.807, 2.05) is 0 Å². The molecular weight excluding hydrogens is 136 g/mol. The van der Waals surface area contributed by atoms with E-state index >= 15 is 0 Å². The fraction of sp³-hybridized carbons (Fsp3) is 0.889. The Labute approximate surface area is 68.8 Å². The fourth-order valence-electron chi connectivity index (χ4n) is 1.58. The van der Waals surface area contributed by atoms with Gasteiger partial charge in [-0.15, -0.1) is 0 Å². The lowest BCUT2D eigenvalue weighted by Gasteiger charge is -2.14. The summed E-state index contributed by atoms with van der Waals surface area (Å²) in [5, 5.41) is 8.48. The molecule has 0 amide bonds. The first-order chi connectivity index (χ1) is 5.33. The molecule has 1 saturated heterocycles. The predicted molar refractivity (Wildman–Crippen MR) is 45.1 cm³/mol. The van der Waals surface area contributed by atoms with Gasteiger partial charge in [0.15, 0.2) is 0 Å². The quantitative estimate of drug-likeness (QED) is 0.534. The molecule has 0 bridgehead atoms. The summed E-state index contributed by atoms with van der Waals surface area (Å²) in [5.74, 6) is 0.860. The topological polar surface area (TPSA) is 27.0 Å². The van der Waals surface area contributed by atoms with Crippen molar-refractivity contribution in [2.24, 2.45) is 5.92 Å². The number of hydrogen-bond donors (Lipinski definition) is 0. The van der Waals surface area contributed by atoms with Gasteiger partial charge in [-0.1, -0.05) is 6.92 Å². The Morgan fingerprint density at radius 2 is 2.27 bits per heavy atom. The van der Waals surface area contributed by atoms with Gasteiger partial charge in [0.05, 0.1) is 12.6 Å². The first kappa shape index (κ1) is 8.55. The number of likely N-dealkylation sites (tertiary alicyclic amines) is 1. The lowest BCUT2D eigenvalue weighted by molar-refractivity contribution is 0.315. The predicted octanol–water partition coefficient (Wildman–Crippen LogP) is 1.63. The van der Waals surface area contributed by atoms with Crippen LogP contribution in [0.1, 0.15) is 26.2 Å². The van der Waals surface area contributed by atoms with Crippen LogP contribution in [0.5, 0.6) is 0 Å². The molecule has 62 valence electrons. The molecule has 2 nitrogen and oxygen atoms in total. The van der Waals surface area contributed by atoms with Gasteiger partial charge >= 0.3 is 0 Å². The number of nitrogens with zero attached hydrogens (tertiary/aromatic N) is 2. The van der Waals surface area contributed by atoms with Crippen LogP contribution in [-0.2, 0) is 0 Å². The molecule has 0 aromatic carbocycles. The highest BCUT2D eigenvalue weighted by Gasteiger charge is 2.12. The molecule has 1 aliphatic heterocycles. The first-order valence-corrected chi connectivity index (χ1v) is 4.42. The molecule has 0 saturated carbocycles. The van der Waals surface area contributed by atoms with Gasteiger partial charge in [-0.3, -0.25) is 4.90 Å². The van der Waals surface area contributed by atoms with E-state index in [0.29, 0.717) is 6.54 Å². The third-order valence-electron chi connectivity index (χ3n) is 2.40. The summed E-state index contributed by atoms with van der Waals surface area (Å²) >= 11 is 0. The maximum atomic E-state index is 8.48. The standard InChI is InChI=1S/C9H16N2/c1-9-3-2-6-11(7-4-9)8-5-10/h9H,2-4,6-8H2,1H3. The molecule has 0 aliphatic carbocycles. The van der Waals surface area contributed by atoms with Crippen LogP contribution in [0.25, 0.3) is 0 Å². The number of nitriles is 1. The fourth-order valence-corrected chi connectivity index (χ4v) is 1.58. The summed E-state index contributed by atoms with van der Waals surface area (Å²) in [5.41, 5.74) is 0. The number of rotatable bonds is 1. The molecule has 0 spiro atoms. The first-order valence-electron chi connectivity index (χ1n) is 4.42. The summed E-state index contributed by atoms with van der Waals surface area (Å²) in [6.07, 6.45) is 3.87. The van der Waals surface area contributed by atoms with Crippen molar-refractivity contribution in [3.63, 3.8) is 0 Å². The van der Waals surface area contributed by atoms with E-state index in [4.69, 9.17) is 5.26 Å². The van der Waals surface area contributed by atoms with Gasteiger partial charge in [-0.25, -0.2) is 0 Å². The van der Waals surface area contributed by atoms with Crippen molar-refractivity contribution >= 4 is 0 Å². The van der Waals surface area contributed by atoms with Crippen molar-refractivity contribution < 1.29 is 0 Å². The molecule has 1 atom stereocenters. The maximum absolute atomic E-state index is 8.48. The smallest absolute Gasteiger partial charge is 0.0865 e. The second-order valence-electron chi connectivity index (χ2n) is 3.47. The van der Waals surface area contributed by atoms with Gasteiger partial charge in [-0.05, 0) is 38.3 Å². The van der Waals surface area contributed by atoms with E-state index in [1.165, 1.54) is 19.3 Å². The minimum Gasteiger partial charge on any atom is -0.291 e.